The molecule has 0 atom stereocenters. The lowest BCUT2D eigenvalue weighted by molar-refractivity contribution is -0.113. The number of amides is 1. The molecule has 138 valence electrons. The molecule has 0 aliphatic carbocycles. The molecule has 1 aromatic carbocycles. The summed E-state index contributed by atoms with van der Waals surface area (Å²) in [6.07, 6.45) is 0.594. The molecular weight excluding hydrogens is 378 g/mol. The fourth-order valence-corrected chi connectivity index (χ4v) is 3.97. The van der Waals surface area contributed by atoms with Gasteiger partial charge < -0.3 is 19.5 Å². The minimum absolute atomic E-state index is 0.184. The molecule has 0 spiro atoms. The largest absolute Gasteiger partial charge is 0.462 e. The van der Waals surface area contributed by atoms with E-state index in [1.807, 2.05) is 25.1 Å². The second-order valence-corrected chi connectivity index (χ2v) is 6.99. The Morgan fingerprint density at radius 1 is 1.31 bits per heavy atom. The van der Waals surface area contributed by atoms with Crippen LogP contribution in [0.15, 0.2) is 18.2 Å². The molecule has 3 rings (SSSR count). The van der Waals surface area contributed by atoms with E-state index in [1.165, 1.54) is 11.3 Å². The molecule has 1 N–H and O–H groups in total. The van der Waals surface area contributed by atoms with Crippen molar-refractivity contribution in [3.63, 3.8) is 0 Å². The van der Waals surface area contributed by atoms with Crippen molar-refractivity contribution < 1.29 is 23.8 Å². The van der Waals surface area contributed by atoms with Gasteiger partial charge in [0.2, 0.25) is 12.7 Å². The maximum Gasteiger partial charge on any atom is 0.341 e. The highest BCUT2D eigenvalue weighted by molar-refractivity contribution is 7.17. The van der Waals surface area contributed by atoms with Crippen LogP contribution < -0.4 is 14.8 Å². The Labute approximate surface area is 160 Å². The van der Waals surface area contributed by atoms with Gasteiger partial charge in [-0.2, -0.15) is 0 Å². The molecule has 26 heavy (non-hydrogen) atoms. The van der Waals surface area contributed by atoms with Crippen LogP contribution in [0, 0.1) is 6.92 Å². The maximum absolute atomic E-state index is 12.3. The highest BCUT2D eigenvalue weighted by atomic mass is 35.5. The first kappa shape index (κ1) is 18.5. The lowest BCUT2D eigenvalue weighted by Crippen LogP contribution is -2.15. The molecule has 0 saturated heterocycles. The van der Waals surface area contributed by atoms with E-state index in [0.717, 1.165) is 21.8 Å². The highest BCUT2D eigenvalue weighted by Gasteiger charge is 2.24. The number of fused-ring (bicyclic) bond motifs is 1. The van der Waals surface area contributed by atoms with E-state index in [2.05, 4.69) is 5.32 Å². The van der Waals surface area contributed by atoms with Gasteiger partial charge in [0, 0.05) is 11.3 Å². The number of carbonyl (C=O) groups is 2. The number of nitrogens with one attached hydrogen (secondary N) is 1. The molecule has 1 aliphatic rings. The summed E-state index contributed by atoms with van der Waals surface area (Å²) in [6, 6.07) is 5.74. The monoisotopic (exact) mass is 395 g/mol. The number of alkyl halides is 1. The molecule has 2 heterocycles. The predicted molar refractivity (Wildman–Crippen MR) is 99.7 cm³/mol. The zero-order valence-electron chi connectivity index (χ0n) is 14.4. The summed E-state index contributed by atoms with van der Waals surface area (Å²) in [6.45, 7) is 4.07. The zero-order valence-corrected chi connectivity index (χ0v) is 16.0. The number of rotatable bonds is 6. The quantitative estimate of drug-likeness (QED) is 0.596. The minimum Gasteiger partial charge on any atom is -0.462 e. The fourth-order valence-electron chi connectivity index (χ4n) is 2.66. The van der Waals surface area contributed by atoms with Gasteiger partial charge in [-0.3, -0.25) is 4.79 Å². The smallest absolute Gasteiger partial charge is 0.341 e. The van der Waals surface area contributed by atoms with Crippen molar-refractivity contribution in [2.24, 2.45) is 0 Å². The normalized spacial score (nSPS) is 12.1. The average Bonchev–Trinajstić information content (AvgIpc) is 3.19. The van der Waals surface area contributed by atoms with E-state index >= 15 is 0 Å². The Kier molecular flexibility index (Phi) is 5.68. The third-order valence-corrected chi connectivity index (χ3v) is 5.35. The van der Waals surface area contributed by atoms with E-state index in [9.17, 15) is 9.59 Å². The molecule has 8 heteroatoms. The molecule has 1 amide bonds. The van der Waals surface area contributed by atoms with Crippen molar-refractivity contribution in [2.75, 3.05) is 24.6 Å². The van der Waals surface area contributed by atoms with Gasteiger partial charge in [-0.25, -0.2) is 4.79 Å². The first-order chi connectivity index (χ1) is 12.5. The van der Waals surface area contributed by atoms with Crippen LogP contribution in [0.25, 0.3) is 0 Å². The van der Waals surface area contributed by atoms with E-state index in [-0.39, 0.29) is 25.2 Å². The lowest BCUT2D eigenvalue weighted by atomic mass is 10.1. The zero-order chi connectivity index (χ0) is 18.7. The number of anilines is 1. The third-order valence-electron chi connectivity index (χ3n) is 3.90. The molecule has 0 radical (unpaired) electrons. The number of ether oxygens (including phenoxy) is 3. The number of carbonyl (C=O) groups excluding carboxylic acids is 2. The number of benzene rings is 1. The van der Waals surface area contributed by atoms with Gasteiger partial charge >= 0.3 is 5.97 Å². The van der Waals surface area contributed by atoms with Gasteiger partial charge in [0.15, 0.2) is 11.5 Å². The minimum atomic E-state index is -0.456. The number of hydrogen-bond acceptors (Lipinski definition) is 6. The van der Waals surface area contributed by atoms with Crippen LogP contribution in [-0.4, -0.2) is 31.2 Å². The molecular formula is C18H18ClNO5S. The van der Waals surface area contributed by atoms with Crippen LogP contribution in [-0.2, 0) is 16.0 Å². The van der Waals surface area contributed by atoms with Crippen LogP contribution in [0.2, 0.25) is 0 Å². The summed E-state index contributed by atoms with van der Waals surface area (Å²) in [4.78, 5) is 25.0. The maximum atomic E-state index is 12.3. The van der Waals surface area contributed by atoms with Crippen LogP contribution in [0.5, 0.6) is 11.5 Å². The Bertz CT molecular complexity index is 848. The fraction of sp³-hybridized carbons (Fsp3) is 0.333. The molecule has 0 unspecified atom stereocenters. The van der Waals surface area contributed by atoms with Crippen molar-refractivity contribution in [3.05, 3.63) is 39.8 Å². The van der Waals surface area contributed by atoms with Gasteiger partial charge in [0.25, 0.3) is 0 Å². The van der Waals surface area contributed by atoms with Crippen molar-refractivity contribution in [2.45, 2.75) is 20.3 Å². The Morgan fingerprint density at radius 2 is 2.08 bits per heavy atom. The highest BCUT2D eigenvalue weighted by Crippen LogP contribution is 2.37. The van der Waals surface area contributed by atoms with Gasteiger partial charge in [0.1, 0.15) is 10.9 Å². The standard InChI is InChI=1S/C18H18ClNO5S/c1-3-23-18(22)16-10(2)14(26-17(16)20-15(21)8-19)7-11-4-5-12-13(6-11)25-9-24-12/h4-6H,3,7-9H2,1-2H3,(H,20,21). The summed E-state index contributed by atoms with van der Waals surface area (Å²) in [5, 5.41) is 3.15. The first-order valence-corrected chi connectivity index (χ1v) is 9.42. The molecule has 0 bridgehead atoms. The lowest BCUT2D eigenvalue weighted by Gasteiger charge is -2.06. The number of thiophene rings is 1. The van der Waals surface area contributed by atoms with Crippen LogP contribution in [0.4, 0.5) is 5.00 Å². The van der Waals surface area contributed by atoms with Crippen molar-refractivity contribution >= 4 is 39.8 Å². The summed E-state index contributed by atoms with van der Waals surface area (Å²) in [5.41, 5.74) is 2.19. The third kappa shape index (κ3) is 3.78. The van der Waals surface area contributed by atoms with Crippen molar-refractivity contribution in [3.8, 4) is 11.5 Å². The SMILES string of the molecule is CCOC(=O)c1c(NC(=O)CCl)sc(Cc2ccc3c(c2)OCO3)c1C. The van der Waals surface area contributed by atoms with E-state index in [1.54, 1.807) is 6.92 Å². The Morgan fingerprint density at radius 3 is 2.81 bits per heavy atom. The molecule has 1 aromatic heterocycles. The first-order valence-electron chi connectivity index (χ1n) is 8.07. The van der Waals surface area contributed by atoms with Crippen molar-refractivity contribution in [1.82, 2.24) is 0 Å². The predicted octanol–water partition coefficient (Wildman–Crippen LogP) is 3.73. The van der Waals surface area contributed by atoms with Crippen LogP contribution in [0.1, 0.15) is 33.3 Å². The second kappa shape index (κ2) is 7.97. The second-order valence-electron chi connectivity index (χ2n) is 5.62. The van der Waals surface area contributed by atoms with Gasteiger partial charge in [-0.1, -0.05) is 6.07 Å². The number of hydrogen-bond donors (Lipinski definition) is 1. The average molecular weight is 396 g/mol. The van der Waals surface area contributed by atoms with Crippen LogP contribution >= 0.6 is 22.9 Å². The molecule has 6 nitrogen and oxygen atoms in total. The molecule has 0 saturated carbocycles. The van der Waals surface area contributed by atoms with E-state index in [4.69, 9.17) is 25.8 Å². The Balaban J connectivity index is 1.92. The van der Waals surface area contributed by atoms with Gasteiger partial charge in [-0.15, -0.1) is 22.9 Å². The topological polar surface area (TPSA) is 73.9 Å². The van der Waals surface area contributed by atoms with Gasteiger partial charge in [-0.05, 0) is 37.1 Å². The number of esters is 1. The van der Waals surface area contributed by atoms with Crippen LogP contribution in [0.3, 0.4) is 0 Å². The molecule has 2 aromatic rings. The van der Waals surface area contributed by atoms with Gasteiger partial charge in [0.05, 0.1) is 12.2 Å². The molecule has 0 fully saturated rings. The molecule has 1 aliphatic heterocycles. The Hall–Kier alpha value is -2.25. The van der Waals surface area contributed by atoms with E-state index < -0.39 is 5.97 Å². The van der Waals surface area contributed by atoms with Crippen molar-refractivity contribution in [1.29, 1.82) is 0 Å². The summed E-state index contributed by atoms with van der Waals surface area (Å²) in [7, 11) is 0. The summed E-state index contributed by atoms with van der Waals surface area (Å²) in [5.74, 6) is 0.421. The number of halogens is 1. The summed E-state index contributed by atoms with van der Waals surface area (Å²) < 4.78 is 15.9. The summed E-state index contributed by atoms with van der Waals surface area (Å²) >= 11 is 6.92. The van der Waals surface area contributed by atoms with E-state index in [0.29, 0.717) is 22.7 Å².